The lowest BCUT2D eigenvalue weighted by atomic mass is 9.86. The lowest BCUT2D eigenvalue weighted by Gasteiger charge is -2.24. The number of hydrogen-bond acceptors (Lipinski definition) is 6. The van der Waals surface area contributed by atoms with Crippen molar-refractivity contribution < 1.29 is 14.5 Å². The van der Waals surface area contributed by atoms with Crippen molar-refractivity contribution in [1.29, 1.82) is 5.26 Å². The molecule has 2 N–H and O–H groups in total. The molecular weight excluding hydrogens is 472 g/mol. The molecule has 0 aromatic heterocycles. The molecule has 2 aromatic carbocycles. The van der Waals surface area contributed by atoms with E-state index in [0.29, 0.717) is 11.3 Å². The van der Waals surface area contributed by atoms with E-state index in [1.165, 1.54) is 12.1 Å². The van der Waals surface area contributed by atoms with Crippen LogP contribution in [0.4, 0.5) is 11.4 Å². The highest BCUT2D eigenvalue weighted by molar-refractivity contribution is 9.10. The largest absolute Gasteiger partial charge is 0.325 e. The zero-order valence-corrected chi connectivity index (χ0v) is 17.8. The van der Waals surface area contributed by atoms with Crippen LogP contribution in [0, 0.1) is 21.4 Å². The molecule has 0 saturated heterocycles. The number of nitriles is 1. The fourth-order valence-corrected chi connectivity index (χ4v) is 4.16. The van der Waals surface area contributed by atoms with Gasteiger partial charge in [0.25, 0.3) is 5.69 Å². The van der Waals surface area contributed by atoms with Crippen LogP contribution in [0.3, 0.4) is 0 Å². The van der Waals surface area contributed by atoms with Crippen molar-refractivity contribution in [2.45, 2.75) is 12.3 Å². The molecule has 1 aliphatic rings. The molecule has 0 saturated carbocycles. The van der Waals surface area contributed by atoms with Gasteiger partial charge in [0.15, 0.2) is 0 Å². The molecule has 8 nitrogen and oxygen atoms in total. The number of benzene rings is 2. The average molecular weight is 487 g/mol. The lowest BCUT2D eigenvalue weighted by Crippen LogP contribution is -2.31. The number of hydrogen-bond donors (Lipinski definition) is 2. The van der Waals surface area contributed by atoms with Gasteiger partial charge in [0.05, 0.1) is 27.3 Å². The van der Waals surface area contributed by atoms with Crippen LogP contribution in [0.5, 0.6) is 0 Å². The van der Waals surface area contributed by atoms with Crippen molar-refractivity contribution in [2.24, 2.45) is 0 Å². The second-order valence-corrected chi connectivity index (χ2v) is 8.22. The van der Waals surface area contributed by atoms with E-state index in [1.54, 1.807) is 36.4 Å². The minimum atomic E-state index is -0.748. The number of halogens is 1. The monoisotopic (exact) mass is 486 g/mol. The second-order valence-electron chi connectivity index (χ2n) is 6.32. The first-order valence-corrected chi connectivity index (χ1v) is 10.5. The number of nitrogens with one attached hydrogen (secondary N) is 2. The predicted molar refractivity (Wildman–Crippen MR) is 116 cm³/mol. The van der Waals surface area contributed by atoms with Gasteiger partial charge in [-0.15, -0.1) is 0 Å². The van der Waals surface area contributed by atoms with E-state index in [0.717, 1.165) is 16.2 Å². The third-order valence-electron chi connectivity index (χ3n) is 4.34. The van der Waals surface area contributed by atoms with Gasteiger partial charge >= 0.3 is 0 Å². The van der Waals surface area contributed by atoms with Gasteiger partial charge in [-0.2, -0.15) is 5.26 Å². The van der Waals surface area contributed by atoms with Crippen LogP contribution in [0.2, 0.25) is 0 Å². The maximum Gasteiger partial charge on any atom is 0.273 e. The fourth-order valence-electron chi connectivity index (χ4n) is 3.02. The summed E-state index contributed by atoms with van der Waals surface area (Å²) in [6, 6.07) is 15.1. The van der Waals surface area contributed by atoms with Crippen LogP contribution >= 0.6 is 27.7 Å². The van der Waals surface area contributed by atoms with Crippen LogP contribution in [0.15, 0.2) is 63.6 Å². The van der Waals surface area contributed by atoms with Gasteiger partial charge in [0, 0.05) is 34.1 Å². The Morgan fingerprint density at radius 2 is 2.00 bits per heavy atom. The van der Waals surface area contributed by atoms with E-state index in [1.807, 2.05) is 0 Å². The van der Waals surface area contributed by atoms with E-state index >= 15 is 0 Å². The maximum absolute atomic E-state index is 12.3. The van der Waals surface area contributed by atoms with Gasteiger partial charge < -0.3 is 10.6 Å². The number of rotatable bonds is 6. The SMILES string of the molecule is N#CC1=C(SCC(=O)Nc2ccc(Br)cc2)NC(=O)CC1c1ccccc1[N+](=O)[O-]. The lowest BCUT2D eigenvalue weighted by molar-refractivity contribution is -0.385. The van der Waals surface area contributed by atoms with Crippen LogP contribution < -0.4 is 10.6 Å². The first-order chi connectivity index (χ1) is 14.4. The van der Waals surface area contributed by atoms with E-state index in [2.05, 4.69) is 32.6 Å². The fraction of sp³-hybridized carbons (Fsp3) is 0.150. The third-order valence-corrected chi connectivity index (χ3v) is 5.89. The van der Waals surface area contributed by atoms with E-state index in [9.17, 15) is 25.0 Å². The van der Waals surface area contributed by atoms with Gasteiger partial charge in [0.1, 0.15) is 0 Å². The molecule has 3 rings (SSSR count). The van der Waals surface area contributed by atoms with Crippen molar-refractivity contribution in [3.63, 3.8) is 0 Å². The van der Waals surface area contributed by atoms with Crippen LogP contribution in [-0.4, -0.2) is 22.5 Å². The topological polar surface area (TPSA) is 125 Å². The number of amides is 2. The molecule has 1 atom stereocenters. The number of nitro groups is 1. The molecule has 30 heavy (non-hydrogen) atoms. The zero-order valence-electron chi connectivity index (χ0n) is 15.4. The van der Waals surface area contributed by atoms with Gasteiger partial charge in [-0.25, -0.2) is 0 Å². The number of carbonyl (C=O) groups excluding carboxylic acids is 2. The molecule has 0 fully saturated rings. The molecular formula is C20H15BrN4O4S. The summed E-state index contributed by atoms with van der Waals surface area (Å²) in [6.45, 7) is 0. The van der Waals surface area contributed by atoms with Crippen molar-refractivity contribution in [3.8, 4) is 6.07 Å². The minimum Gasteiger partial charge on any atom is -0.325 e. The van der Waals surface area contributed by atoms with Crippen molar-refractivity contribution in [1.82, 2.24) is 5.32 Å². The number of para-hydroxylation sites is 1. The van der Waals surface area contributed by atoms with Crippen molar-refractivity contribution in [2.75, 3.05) is 11.1 Å². The number of nitro benzene ring substituents is 1. The van der Waals surface area contributed by atoms with Crippen molar-refractivity contribution >= 4 is 50.9 Å². The van der Waals surface area contributed by atoms with Gasteiger partial charge in [-0.05, 0) is 24.3 Å². The highest BCUT2D eigenvalue weighted by Gasteiger charge is 2.33. The van der Waals surface area contributed by atoms with Crippen LogP contribution in [-0.2, 0) is 9.59 Å². The Kier molecular flexibility index (Phi) is 6.87. The van der Waals surface area contributed by atoms with Crippen LogP contribution in [0.25, 0.3) is 0 Å². The number of nitrogens with zero attached hydrogens (tertiary/aromatic N) is 2. The molecule has 2 amide bonds. The summed E-state index contributed by atoms with van der Waals surface area (Å²) in [6.07, 6.45) is -0.0805. The summed E-state index contributed by atoms with van der Waals surface area (Å²) in [4.78, 5) is 35.3. The maximum atomic E-state index is 12.3. The number of allylic oxidation sites excluding steroid dienone is 1. The Morgan fingerprint density at radius 3 is 2.67 bits per heavy atom. The Bertz CT molecular complexity index is 1080. The molecule has 152 valence electrons. The van der Waals surface area contributed by atoms with E-state index in [4.69, 9.17) is 0 Å². The first kappa shape index (κ1) is 21.5. The summed E-state index contributed by atoms with van der Waals surface area (Å²) in [5.74, 6) is -1.47. The second kappa shape index (κ2) is 9.56. The highest BCUT2D eigenvalue weighted by atomic mass is 79.9. The molecule has 0 spiro atoms. The molecule has 0 bridgehead atoms. The normalized spacial score (nSPS) is 15.9. The number of carbonyl (C=O) groups is 2. The Balaban J connectivity index is 1.81. The van der Waals surface area contributed by atoms with E-state index in [-0.39, 0.29) is 40.3 Å². The highest BCUT2D eigenvalue weighted by Crippen LogP contribution is 2.39. The summed E-state index contributed by atoms with van der Waals surface area (Å²) >= 11 is 4.33. The quantitative estimate of drug-likeness (QED) is 0.468. The Labute approximate surface area is 184 Å². The van der Waals surface area contributed by atoms with Crippen molar-refractivity contribution in [3.05, 3.63) is 79.3 Å². The standard InChI is InChI=1S/C20H15BrN4O4S/c21-12-5-7-13(8-6-12)23-19(27)11-30-20-16(10-22)15(9-18(26)24-20)14-3-1-2-4-17(14)25(28)29/h1-8,15H,9,11H2,(H,23,27)(H,24,26). The molecule has 1 aliphatic heterocycles. The smallest absolute Gasteiger partial charge is 0.273 e. The molecule has 10 heteroatoms. The summed E-state index contributed by atoms with van der Waals surface area (Å²) in [7, 11) is 0. The molecule has 1 unspecified atom stereocenters. The van der Waals surface area contributed by atoms with Gasteiger partial charge in [0.2, 0.25) is 11.8 Å². The number of anilines is 1. The minimum absolute atomic E-state index is 0.0412. The zero-order chi connectivity index (χ0) is 21.7. The molecule has 0 radical (unpaired) electrons. The number of thioether (sulfide) groups is 1. The molecule has 0 aliphatic carbocycles. The molecule has 1 heterocycles. The third kappa shape index (κ3) is 5.06. The predicted octanol–water partition coefficient (Wildman–Crippen LogP) is 4.07. The average Bonchev–Trinajstić information content (AvgIpc) is 2.73. The van der Waals surface area contributed by atoms with Crippen LogP contribution in [0.1, 0.15) is 17.9 Å². The Hall–Kier alpha value is -3.16. The molecule has 2 aromatic rings. The van der Waals surface area contributed by atoms with E-state index < -0.39 is 10.8 Å². The Morgan fingerprint density at radius 1 is 1.30 bits per heavy atom. The summed E-state index contributed by atoms with van der Waals surface area (Å²) in [5.41, 5.74) is 0.961. The van der Waals surface area contributed by atoms with Gasteiger partial charge in [-0.1, -0.05) is 45.9 Å². The first-order valence-electron chi connectivity index (χ1n) is 8.74. The van der Waals surface area contributed by atoms with Gasteiger partial charge in [-0.3, -0.25) is 19.7 Å². The summed E-state index contributed by atoms with van der Waals surface area (Å²) in [5, 5.41) is 26.7. The summed E-state index contributed by atoms with van der Waals surface area (Å²) < 4.78 is 0.879.